The lowest BCUT2D eigenvalue weighted by atomic mass is 9.94. The summed E-state index contributed by atoms with van der Waals surface area (Å²) in [6, 6.07) is 60.5. The van der Waals surface area contributed by atoms with Gasteiger partial charge in [0.25, 0.3) is 0 Å². The van der Waals surface area contributed by atoms with Crippen LogP contribution in [0.4, 0.5) is 0 Å². The van der Waals surface area contributed by atoms with E-state index in [4.69, 9.17) is 8.83 Å². The van der Waals surface area contributed by atoms with E-state index in [1.54, 1.807) is 0 Å². The Morgan fingerprint density at radius 2 is 0.846 bits per heavy atom. The van der Waals surface area contributed by atoms with Crippen LogP contribution in [0.2, 0.25) is 0 Å². The van der Waals surface area contributed by atoms with Crippen LogP contribution in [0.25, 0.3) is 110 Å². The molecule has 4 aromatic heterocycles. The smallest absolute Gasteiger partial charge is 0.137 e. The van der Waals surface area contributed by atoms with E-state index in [1.807, 2.05) is 18.2 Å². The van der Waals surface area contributed by atoms with E-state index >= 15 is 0 Å². The van der Waals surface area contributed by atoms with Gasteiger partial charge in [0.2, 0.25) is 0 Å². The summed E-state index contributed by atoms with van der Waals surface area (Å²) in [7, 11) is 0. The molecule has 0 fully saturated rings. The number of hydrogen-bond acceptors (Lipinski definition) is 2. The SMILES string of the molecule is c1ccc(-n2c3ccccc3c3c4c5c(-c6cccc7oc8ccccc8c67)cccc5n(-c5ccc6c(c5)oc5ccccc56)c4ccc32)cc1. The molecule has 0 atom stereocenters. The molecular formula is C48H28N2O2. The van der Waals surface area contributed by atoms with Gasteiger partial charge in [-0.3, -0.25) is 0 Å². The minimum absolute atomic E-state index is 0.876. The predicted molar refractivity (Wildman–Crippen MR) is 215 cm³/mol. The van der Waals surface area contributed by atoms with Crippen LogP contribution in [-0.4, -0.2) is 9.13 Å². The van der Waals surface area contributed by atoms with Crippen LogP contribution in [0, 0.1) is 0 Å². The van der Waals surface area contributed by atoms with Crippen molar-refractivity contribution < 1.29 is 8.83 Å². The zero-order valence-corrected chi connectivity index (χ0v) is 27.9. The standard InChI is InChI=1S/C48H28N2O2/c1-2-12-29(13-3-1)49-37-19-7-4-15-35(37)47-39(49)26-27-40-48(47)46-34(33-18-11-23-43-45(33)36-16-6-9-22-42(36)51-43)17-10-20-38(46)50(40)30-24-25-32-31-14-5-8-21-41(31)52-44(32)28-30/h1-28H. The molecule has 0 saturated carbocycles. The zero-order chi connectivity index (χ0) is 33.9. The first-order valence-corrected chi connectivity index (χ1v) is 17.7. The van der Waals surface area contributed by atoms with Gasteiger partial charge in [0.1, 0.15) is 22.3 Å². The second-order valence-corrected chi connectivity index (χ2v) is 13.6. The number of benzene rings is 8. The first kappa shape index (κ1) is 27.7. The lowest BCUT2D eigenvalue weighted by Gasteiger charge is -2.10. The van der Waals surface area contributed by atoms with Crippen molar-refractivity contribution in [1.82, 2.24) is 9.13 Å². The molecule has 0 amide bonds. The molecule has 0 radical (unpaired) electrons. The van der Waals surface area contributed by atoms with E-state index in [-0.39, 0.29) is 0 Å². The molecule has 8 aromatic carbocycles. The summed E-state index contributed by atoms with van der Waals surface area (Å²) in [5.74, 6) is 0. The number of nitrogens with zero attached hydrogens (tertiary/aromatic N) is 2. The molecule has 0 saturated heterocycles. The predicted octanol–water partition coefficient (Wildman–Crippen LogP) is 13.3. The van der Waals surface area contributed by atoms with Crippen LogP contribution in [0.15, 0.2) is 179 Å². The Labute approximate surface area is 296 Å². The Morgan fingerprint density at radius 1 is 0.288 bits per heavy atom. The van der Waals surface area contributed by atoms with Gasteiger partial charge in [-0.1, -0.05) is 97.1 Å². The Kier molecular flexibility index (Phi) is 5.47. The summed E-state index contributed by atoms with van der Waals surface area (Å²) < 4.78 is 17.7. The van der Waals surface area contributed by atoms with Gasteiger partial charge in [-0.25, -0.2) is 0 Å². The van der Waals surface area contributed by atoms with E-state index in [0.717, 1.165) is 71.8 Å². The van der Waals surface area contributed by atoms with Gasteiger partial charge in [-0.2, -0.15) is 0 Å². The van der Waals surface area contributed by atoms with Gasteiger partial charge in [-0.05, 0) is 77.9 Å². The molecule has 52 heavy (non-hydrogen) atoms. The summed E-state index contributed by atoms with van der Waals surface area (Å²) in [6.07, 6.45) is 0. The van der Waals surface area contributed by atoms with Gasteiger partial charge in [-0.15, -0.1) is 0 Å². The monoisotopic (exact) mass is 664 g/mol. The molecule has 0 N–H and O–H groups in total. The first-order valence-electron chi connectivity index (χ1n) is 17.7. The second kappa shape index (κ2) is 10.3. The molecule has 0 bridgehead atoms. The quantitative estimate of drug-likeness (QED) is 0.188. The highest BCUT2D eigenvalue weighted by Crippen LogP contribution is 2.47. The third-order valence-electron chi connectivity index (χ3n) is 10.9. The number of furan rings is 2. The second-order valence-electron chi connectivity index (χ2n) is 13.6. The van der Waals surface area contributed by atoms with E-state index < -0.39 is 0 Å². The van der Waals surface area contributed by atoms with Gasteiger partial charge in [0.05, 0.1) is 22.1 Å². The molecule has 0 aliphatic rings. The van der Waals surface area contributed by atoms with Crippen molar-refractivity contribution in [2.24, 2.45) is 0 Å². The Bertz CT molecular complexity index is 3410. The zero-order valence-electron chi connectivity index (χ0n) is 27.9. The van der Waals surface area contributed by atoms with Gasteiger partial charge < -0.3 is 18.0 Å². The third-order valence-corrected chi connectivity index (χ3v) is 10.9. The minimum atomic E-state index is 0.876. The Hall–Kier alpha value is -7.04. The average Bonchev–Trinajstić information content (AvgIpc) is 3.95. The van der Waals surface area contributed by atoms with Crippen molar-refractivity contribution in [2.45, 2.75) is 0 Å². The lowest BCUT2D eigenvalue weighted by molar-refractivity contribution is 0.668. The molecule has 0 unspecified atom stereocenters. The van der Waals surface area contributed by atoms with Gasteiger partial charge in [0.15, 0.2) is 0 Å². The van der Waals surface area contributed by atoms with Crippen LogP contribution in [0.1, 0.15) is 0 Å². The Balaban J connectivity index is 1.28. The van der Waals surface area contributed by atoms with Crippen molar-refractivity contribution in [3.05, 3.63) is 170 Å². The average molecular weight is 665 g/mol. The van der Waals surface area contributed by atoms with Gasteiger partial charge in [0, 0.05) is 60.5 Å². The lowest BCUT2D eigenvalue weighted by Crippen LogP contribution is -1.94. The fraction of sp³-hybridized carbons (Fsp3) is 0. The maximum Gasteiger partial charge on any atom is 0.137 e. The van der Waals surface area contributed by atoms with Crippen molar-refractivity contribution >= 4 is 87.5 Å². The van der Waals surface area contributed by atoms with Gasteiger partial charge >= 0.3 is 0 Å². The number of aromatic nitrogens is 2. The molecule has 242 valence electrons. The summed E-state index contributed by atoms with van der Waals surface area (Å²) in [5.41, 5.74) is 12.7. The number of rotatable bonds is 3. The highest BCUT2D eigenvalue weighted by Gasteiger charge is 2.24. The molecule has 12 aromatic rings. The van der Waals surface area contributed by atoms with Crippen molar-refractivity contribution in [1.29, 1.82) is 0 Å². The number of hydrogen-bond donors (Lipinski definition) is 0. The van der Waals surface area contributed by atoms with Crippen LogP contribution < -0.4 is 0 Å². The molecule has 0 spiro atoms. The molecule has 4 heterocycles. The minimum Gasteiger partial charge on any atom is -0.456 e. The molecule has 0 aliphatic heterocycles. The molecular weight excluding hydrogens is 637 g/mol. The van der Waals surface area contributed by atoms with Crippen molar-refractivity contribution in [2.75, 3.05) is 0 Å². The van der Waals surface area contributed by atoms with E-state index in [1.165, 1.54) is 38.1 Å². The van der Waals surface area contributed by atoms with E-state index in [9.17, 15) is 0 Å². The van der Waals surface area contributed by atoms with Crippen LogP contribution in [0.5, 0.6) is 0 Å². The largest absolute Gasteiger partial charge is 0.456 e. The van der Waals surface area contributed by atoms with Crippen molar-refractivity contribution in [3.63, 3.8) is 0 Å². The number of fused-ring (bicyclic) bond motifs is 13. The topological polar surface area (TPSA) is 36.1 Å². The highest BCUT2D eigenvalue weighted by molar-refractivity contribution is 6.32. The molecule has 4 heteroatoms. The maximum atomic E-state index is 6.44. The first-order chi connectivity index (χ1) is 25.8. The highest BCUT2D eigenvalue weighted by atomic mass is 16.3. The third kappa shape index (κ3) is 3.65. The number of para-hydroxylation sites is 4. The molecule has 4 nitrogen and oxygen atoms in total. The van der Waals surface area contributed by atoms with E-state index in [2.05, 4.69) is 161 Å². The van der Waals surface area contributed by atoms with Crippen LogP contribution in [0.3, 0.4) is 0 Å². The fourth-order valence-corrected chi connectivity index (χ4v) is 8.82. The van der Waals surface area contributed by atoms with Crippen LogP contribution in [-0.2, 0) is 0 Å². The fourth-order valence-electron chi connectivity index (χ4n) is 8.82. The molecule has 12 rings (SSSR count). The normalized spacial score (nSPS) is 12.2. The van der Waals surface area contributed by atoms with Crippen LogP contribution >= 0.6 is 0 Å². The summed E-state index contributed by atoms with van der Waals surface area (Å²) in [6.45, 7) is 0. The van der Waals surface area contributed by atoms with Crippen molar-refractivity contribution in [3.8, 4) is 22.5 Å². The summed E-state index contributed by atoms with van der Waals surface area (Å²) >= 11 is 0. The summed E-state index contributed by atoms with van der Waals surface area (Å²) in [4.78, 5) is 0. The van der Waals surface area contributed by atoms with E-state index in [0.29, 0.717) is 0 Å². The summed E-state index contributed by atoms with van der Waals surface area (Å²) in [5, 5.41) is 9.40. The Morgan fingerprint density at radius 3 is 1.69 bits per heavy atom. The molecule has 0 aliphatic carbocycles. The maximum absolute atomic E-state index is 6.44.